The SMILES string of the molecule is CC(C)C1(CO)CSC1. The van der Waals surface area contributed by atoms with Crippen LogP contribution in [0, 0.1) is 11.3 Å². The average molecular weight is 146 g/mol. The predicted molar refractivity (Wildman–Crippen MR) is 41.7 cm³/mol. The van der Waals surface area contributed by atoms with Crippen molar-refractivity contribution in [3.63, 3.8) is 0 Å². The molecule has 0 saturated carbocycles. The molecule has 2 heteroatoms. The fraction of sp³-hybridized carbons (Fsp3) is 1.00. The molecule has 9 heavy (non-hydrogen) atoms. The molecule has 1 aliphatic heterocycles. The Bertz CT molecular complexity index is 91.6. The minimum atomic E-state index is 0.282. The van der Waals surface area contributed by atoms with Crippen LogP contribution in [-0.2, 0) is 0 Å². The van der Waals surface area contributed by atoms with Gasteiger partial charge in [0.25, 0.3) is 0 Å². The summed E-state index contributed by atoms with van der Waals surface area (Å²) in [6.45, 7) is 4.75. The third-order valence-electron chi connectivity index (χ3n) is 2.32. The van der Waals surface area contributed by atoms with Crippen LogP contribution in [0.15, 0.2) is 0 Å². The van der Waals surface area contributed by atoms with E-state index < -0.39 is 0 Å². The van der Waals surface area contributed by atoms with E-state index >= 15 is 0 Å². The molecule has 1 aliphatic rings. The Kier molecular flexibility index (Phi) is 2.07. The highest BCUT2D eigenvalue weighted by Crippen LogP contribution is 2.43. The van der Waals surface area contributed by atoms with Crippen molar-refractivity contribution in [2.75, 3.05) is 18.1 Å². The molecular weight excluding hydrogens is 132 g/mol. The highest BCUT2D eigenvalue weighted by molar-refractivity contribution is 8.00. The Morgan fingerprint density at radius 1 is 1.56 bits per heavy atom. The average Bonchev–Trinajstić information content (AvgIpc) is 1.62. The highest BCUT2D eigenvalue weighted by Gasteiger charge is 2.39. The van der Waals surface area contributed by atoms with Gasteiger partial charge in [0.15, 0.2) is 0 Å². The van der Waals surface area contributed by atoms with Crippen molar-refractivity contribution < 1.29 is 5.11 Å². The molecule has 0 atom stereocenters. The number of aliphatic hydroxyl groups is 1. The first-order chi connectivity index (χ1) is 4.21. The Hall–Kier alpha value is 0.310. The van der Waals surface area contributed by atoms with E-state index in [0.29, 0.717) is 12.5 Å². The molecule has 1 nitrogen and oxygen atoms in total. The molecule has 0 unspecified atom stereocenters. The lowest BCUT2D eigenvalue weighted by molar-refractivity contribution is 0.112. The minimum Gasteiger partial charge on any atom is -0.396 e. The van der Waals surface area contributed by atoms with E-state index in [1.165, 1.54) is 0 Å². The maximum absolute atomic E-state index is 8.99. The Balaban J connectivity index is 2.46. The van der Waals surface area contributed by atoms with E-state index in [-0.39, 0.29) is 5.41 Å². The van der Waals surface area contributed by atoms with E-state index in [9.17, 15) is 0 Å². The van der Waals surface area contributed by atoms with Crippen molar-refractivity contribution in [2.24, 2.45) is 11.3 Å². The van der Waals surface area contributed by atoms with Crippen LogP contribution in [0.4, 0.5) is 0 Å². The first-order valence-corrected chi connectivity index (χ1v) is 4.55. The van der Waals surface area contributed by atoms with Gasteiger partial charge in [0, 0.05) is 16.9 Å². The van der Waals surface area contributed by atoms with Crippen molar-refractivity contribution in [1.82, 2.24) is 0 Å². The molecule has 0 aliphatic carbocycles. The predicted octanol–water partition coefficient (Wildman–Crippen LogP) is 1.37. The van der Waals surface area contributed by atoms with Gasteiger partial charge in [0.2, 0.25) is 0 Å². The summed E-state index contributed by atoms with van der Waals surface area (Å²) in [4.78, 5) is 0. The van der Waals surface area contributed by atoms with Crippen LogP contribution in [0.5, 0.6) is 0 Å². The number of aliphatic hydroxyl groups excluding tert-OH is 1. The second-order valence-electron chi connectivity index (χ2n) is 3.17. The zero-order valence-electron chi connectivity index (χ0n) is 6.05. The van der Waals surface area contributed by atoms with E-state index in [0.717, 1.165) is 11.5 Å². The summed E-state index contributed by atoms with van der Waals surface area (Å²) < 4.78 is 0. The maximum Gasteiger partial charge on any atom is 0.0505 e. The molecule has 1 fully saturated rings. The van der Waals surface area contributed by atoms with Crippen molar-refractivity contribution in [2.45, 2.75) is 13.8 Å². The summed E-state index contributed by atoms with van der Waals surface area (Å²) in [6, 6.07) is 0. The lowest BCUT2D eigenvalue weighted by atomic mass is 9.81. The summed E-state index contributed by atoms with van der Waals surface area (Å²) in [5, 5.41) is 8.99. The fourth-order valence-electron chi connectivity index (χ4n) is 0.971. The summed E-state index contributed by atoms with van der Waals surface area (Å²) in [7, 11) is 0. The molecule has 0 aromatic rings. The van der Waals surface area contributed by atoms with Crippen molar-refractivity contribution in [1.29, 1.82) is 0 Å². The van der Waals surface area contributed by atoms with E-state index in [4.69, 9.17) is 5.11 Å². The van der Waals surface area contributed by atoms with Gasteiger partial charge in [-0.15, -0.1) is 0 Å². The lowest BCUT2D eigenvalue weighted by Gasteiger charge is -2.43. The smallest absolute Gasteiger partial charge is 0.0505 e. The molecule has 0 bridgehead atoms. The first-order valence-electron chi connectivity index (χ1n) is 3.40. The van der Waals surface area contributed by atoms with Gasteiger partial charge < -0.3 is 5.11 Å². The topological polar surface area (TPSA) is 20.2 Å². The number of hydrogen-bond donors (Lipinski definition) is 1. The highest BCUT2D eigenvalue weighted by atomic mass is 32.2. The molecule has 1 N–H and O–H groups in total. The van der Waals surface area contributed by atoms with Gasteiger partial charge in [-0.3, -0.25) is 0 Å². The molecule has 1 rings (SSSR count). The minimum absolute atomic E-state index is 0.282. The molecule has 54 valence electrons. The van der Waals surface area contributed by atoms with Gasteiger partial charge in [0.05, 0.1) is 6.61 Å². The first kappa shape index (κ1) is 7.42. The van der Waals surface area contributed by atoms with Crippen molar-refractivity contribution >= 4 is 11.8 Å². The number of thioether (sulfide) groups is 1. The Morgan fingerprint density at radius 3 is 2.11 bits per heavy atom. The normalized spacial score (nSPS) is 24.0. The standard InChI is InChI=1S/C7H14OS/c1-6(2)7(3-8)4-9-5-7/h6,8H,3-5H2,1-2H3. The summed E-state index contributed by atoms with van der Waals surface area (Å²) in [5.74, 6) is 2.95. The molecular formula is C7H14OS. The summed E-state index contributed by atoms with van der Waals surface area (Å²) in [6.07, 6.45) is 0. The molecule has 0 radical (unpaired) electrons. The van der Waals surface area contributed by atoms with E-state index in [2.05, 4.69) is 13.8 Å². The van der Waals surface area contributed by atoms with Crippen LogP contribution in [-0.4, -0.2) is 23.2 Å². The molecule has 1 saturated heterocycles. The third-order valence-corrected chi connectivity index (χ3v) is 3.88. The van der Waals surface area contributed by atoms with E-state index in [1.54, 1.807) is 0 Å². The van der Waals surface area contributed by atoms with Gasteiger partial charge in [-0.05, 0) is 5.92 Å². The largest absolute Gasteiger partial charge is 0.396 e. The Morgan fingerprint density at radius 2 is 2.11 bits per heavy atom. The zero-order valence-corrected chi connectivity index (χ0v) is 6.87. The van der Waals surface area contributed by atoms with Gasteiger partial charge in [-0.25, -0.2) is 0 Å². The molecule has 0 amide bonds. The zero-order chi connectivity index (χ0) is 6.91. The molecule has 0 spiro atoms. The second-order valence-corrected chi connectivity index (χ2v) is 4.15. The molecule has 0 aromatic heterocycles. The Labute approximate surface area is 60.8 Å². The molecule has 1 heterocycles. The van der Waals surface area contributed by atoms with Crippen LogP contribution in [0.25, 0.3) is 0 Å². The van der Waals surface area contributed by atoms with Crippen LogP contribution in [0.2, 0.25) is 0 Å². The van der Waals surface area contributed by atoms with Crippen LogP contribution in [0.1, 0.15) is 13.8 Å². The molecule has 0 aromatic carbocycles. The van der Waals surface area contributed by atoms with Gasteiger partial charge in [-0.1, -0.05) is 13.8 Å². The van der Waals surface area contributed by atoms with E-state index in [1.807, 2.05) is 11.8 Å². The monoisotopic (exact) mass is 146 g/mol. The summed E-state index contributed by atoms with van der Waals surface area (Å²) >= 11 is 1.94. The fourth-order valence-corrected chi connectivity index (χ4v) is 2.55. The van der Waals surface area contributed by atoms with Gasteiger partial charge in [0.1, 0.15) is 0 Å². The van der Waals surface area contributed by atoms with Crippen LogP contribution in [0.3, 0.4) is 0 Å². The van der Waals surface area contributed by atoms with Crippen molar-refractivity contribution in [3.05, 3.63) is 0 Å². The summed E-state index contributed by atoms with van der Waals surface area (Å²) in [5.41, 5.74) is 0.282. The van der Waals surface area contributed by atoms with Crippen LogP contribution >= 0.6 is 11.8 Å². The van der Waals surface area contributed by atoms with Crippen LogP contribution < -0.4 is 0 Å². The quantitative estimate of drug-likeness (QED) is 0.635. The number of rotatable bonds is 2. The second kappa shape index (κ2) is 2.51. The lowest BCUT2D eigenvalue weighted by Crippen LogP contribution is -2.43. The third kappa shape index (κ3) is 1.10. The number of hydrogen-bond acceptors (Lipinski definition) is 2. The van der Waals surface area contributed by atoms with Crippen molar-refractivity contribution in [3.8, 4) is 0 Å². The van der Waals surface area contributed by atoms with Gasteiger partial charge >= 0.3 is 0 Å². The maximum atomic E-state index is 8.99. The van der Waals surface area contributed by atoms with Gasteiger partial charge in [-0.2, -0.15) is 11.8 Å².